The van der Waals surface area contributed by atoms with Crippen LogP contribution in [0.25, 0.3) is 11.1 Å². The maximum atomic E-state index is 12.3. The molecule has 3 rings (SSSR count). The molecular formula is C23H21ClN2O3. The van der Waals surface area contributed by atoms with E-state index in [2.05, 4.69) is 10.6 Å². The van der Waals surface area contributed by atoms with E-state index in [1.54, 1.807) is 43.5 Å². The SMILES string of the molecule is COc1cccc(-c2ccc(C(=O)NCCNC(=O)c3cccc(Cl)c3)cc2)c1. The van der Waals surface area contributed by atoms with E-state index in [0.717, 1.165) is 16.9 Å². The molecule has 0 saturated heterocycles. The summed E-state index contributed by atoms with van der Waals surface area (Å²) in [6.07, 6.45) is 0. The maximum absolute atomic E-state index is 12.3. The Morgan fingerprint density at radius 2 is 1.45 bits per heavy atom. The molecule has 148 valence electrons. The van der Waals surface area contributed by atoms with Crippen molar-refractivity contribution < 1.29 is 14.3 Å². The summed E-state index contributed by atoms with van der Waals surface area (Å²) >= 11 is 5.88. The molecule has 29 heavy (non-hydrogen) atoms. The molecule has 2 N–H and O–H groups in total. The number of halogens is 1. The molecule has 0 bridgehead atoms. The number of nitrogens with one attached hydrogen (secondary N) is 2. The van der Waals surface area contributed by atoms with Crippen LogP contribution in [0, 0.1) is 0 Å². The first-order valence-electron chi connectivity index (χ1n) is 9.13. The highest BCUT2D eigenvalue weighted by molar-refractivity contribution is 6.30. The first kappa shape index (κ1) is 20.4. The van der Waals surface area contributed by atoms with Gasteiger partial charge in [-0.3, -0.25) is 9.59 Å². The van der Waals surface area contributed by atoms with Crippen LogP contribution in [0.5, 0.6) is 5.75 Å². The van der Waals surface area contributed by atoms with Crippen LogP contribution in [-0.2, 0) is 0 Å². The average molecular weight is 409 g/mol. The molecule has 2 amide bonds. The average Bonchev–Trinajstić information content (AvgIpc) is 2.76. The second-order valence-corrected chi connectivity index (χ2v) is 6.77. The lowest BCUT2D eigenvalue weighted by Gasteiger charge is -2.09. The van der Waals surface area contributed by atoms with Gasteiger partial charge in [0.05, 0.1) is 7.11 Å². The Hall–Kier alpha value is -3.31. The van der Waals surface area contributed by atoms with Crippen molar-refractivity contribution >= 4 is 23.4 Å². The Morgan fingerprint density at radius 1 is 0.793 bits per heavy atom. The largest absolute Gasteiger partial charge is 0.497 e. The predicted molar refractivity (Wildman–Crippen MR) is 115 cm³/mol. The van der Waals surface area contributed by atoms with Gasteiger partial charge in [-0.05, 0) is 53.6 Å². The molecule has 5 nitrogen and oxygen atoms in total. The van der Waals surface area contributed by atoms with Gasteiger partial charge in [0.2, 0.25) is 0 Å². The standard InChI is InChI=1S/C23H21ClN2O3/c1-29-21-7-3-4-18(15-21)16-8-10-17(11-9-16)22(27)25-12-13-26-23(28)19-5-2-6-20(24)14-19/h2-11,14-15H,12-13H2,1H3,(H,25,27)(H,26,28). The molecule has 0 spiro atoms. The van der Waals surface area contributed by atoms with Crippen molar-refractivity contribution in [2.45, 2.75) is 0 Å². The minimum Gasteiger partial charge on any atom is -0.497 e. The Balaban J connectivity index is 1.50. The second kappa shape index (κ2) is 9.75. The summed E-state index contributed by atoms with van der Waals surface area (Å²) < 4.78 is 5.24. The van der Waals surface area contributed by atoms with Crippen LogP contribution >= 0.6 is 11.6 Å². The van der Waals surface area contributed by atoms with E-state index in [0.29, 0.717) is 29.2 Å². The van der Waals surface area contributed by atoms with Crippen LogP contribution < -0.4 is 15.4 Å². The fraction of sp³-hybridized carbons (Fsp3) is 0.130. The third kappa shape index (κ3) is 5.59. The molecule has 0 saturated carbocycles. The number of amides is 2. The van der Waals surface area contributed by atoms with Crippen LogP contribution in [0.15, 0.2) is 72.8 Å². The molecule has 0 atom stereocenters. The molecule has 3 aromatic rings. The van der Waals surface area contributed by atoms with Crippen LogP contribution in [0.4, 0.5) is 0 Å². The third-order valence-electron chi connectivity index (χ3n) is 4.33. The Labute approximate surface area is 174 Å². The van der Waals surface area contributed by atoms with E-state index in [-0.39, 0.29) is 11.8 Å². The van der Waals surface area contributed by atoms with Crippen LogP contribution in [0.3, 0.4) is 0 Å². The van der Waals surface area contributed by atoms with E-state index in [4.69, 9.17) is 16.3 Å². The summed E-state index contributed by atoms with van der Waals surface area (Å²) in [5.74, 6) is 0.354. The van der Waals surface area contributed by atoms with Crippen molar-refractivity contribution in [2.75, 3.05) is 20.2 Å². The molecule has 0 aromatic heterocycles. The number of methoxy groups -OCH3 is 1. The van der Waals surface area contributed by atoms with Crippen molar-refractivity contribution in [3.8, 4) is 16.9 Å². The summed E-state index contributed by atoms with van der Waals surface area (Å²) in [5, 5.41) is 6.05. The van der Waals surface area contributed by atoms with Gasteiger partial charge >= 0.3 is 0 Å². The number of hydrogen-bond donors (Lipinski definition) is 2. The number of rotatable bonds is 7. The molecule has 6 heteroatoms. The number of benzene rings is 3. The van der Waals surface area contributed by atoms with E-state index in [9.17, 15) is 9.59 Å². The smallest absolute Gasteiger partial charge is 0.251 e. The lowest BCUT2D eigenvalue weighted by Crippen LogP contribution is -2.34. The normalized spacial score (nSPS) is 10.3. The summed E-state index contributed by atoms with van der Waals surface area (Å²) in [5.41, 5.74) is 3.05. The highest BCUT2D eigenvalue weighted by Crippen LogP contribution is 2.24. The van der Waals surface area contributed by atoms with E-state index in [1.807, 2.05) is 36.4 Å². The fourth-order valence-electron chi connectivity index (χ4n) is 2.80. The fourth-order valence-corrected chi connectivity index (χ4v) is 2.99. The quantitative estimate of drug-likeness (QED) is 0.576. The van der Waals surface area contributed by atoms with Crippen LogP contribution in [-0.4, -0.2) is 32.0 Å². The van der Waals surface area contributed by atoms with Crippen LogP contribution in [0.1, 0.15) is 20.7 Å². The molecule has 0 heterocycles. The van der Waals surface area contributed by atoms with Gasteiger partial charge in [0, 0.05) is 29.2 Å². The molecule has 0 radical (unpaired) electrons. The minimum atomic E-state index is -0.232. The van der Waals surface area contributed by atoms with E-state index in [1.165, 1.54) is 0 Å². The molecule has 3 aromatic carbocycles. The van der Waals surface area contributed by atoms with Gasteiger partial charge in [0.15, 0.2) is 0 Å². The molecule has 0 aliphatic carbocycles. The minimum absolute atomic E-state index is 0.195. The molecule has 0 aliphatic heterocycles. The molecule has 0 aliphatic rings. The lowest BCUT2D eigenvalue weighted by atomic mass is 10.0. The lowest BCUT2D eigenvalue weighted by molar-refractivity contribution is 0.0927. The summed E-state index contributed by atoms with van der Waals surface area (Å²) in [6, 6.07) is 21.8. The zero-order valence-corrected chi connectivity index (χ0v) is 16.7. The Kier molecular flexibility index (Phi) is 6.87. The number of carbonyl (C=O) groups excluding carboxylic acids is 2. The van der Waals surface area contributed by atoms with Crippen LogP contribution in [0.2, 0.25) is 5.02 Å². The van der Waals surface area contributed by atoms with Gasteiger partial charge in [-0.25, -0.2) is 0 Å². The van der Waals surface area contributed by atoms with Gasteiger partial charge in [-0.2, -0.15) is 0 Å². The van der Waals surface area contributed by atoms with Gasteiger partial charge in [0.1, 0.15) is 5.75 Å². The van der Waals surface area contributed by atoms with E-state index < -0.39 is 0 Å². The highest BCUT2D eigenvalue weighted by Gasteiger charge is 2.08. The number of carbonyl (C=O) groups is 2. The van der Waals surface area contributed by atoms with Crippen molar-refractivity contribution in [1.29, 1.82) is 0 Å². The monoisotopic (exact) mass is 408 g/mol. The summed E-state index contributed by atoms with van der Waals surface area (Å²) in [4.78, 5) is 24.3. The Morgan fingerprint density at radius 3 is 2.10 bits per heavy atom. The molecule has 0 fully saturated rings. The van der Waals surface area contributed by atoms with Crippen molar-refractivity contribution in [2.24, 2.45) is 0 Å². The topological polar surface area (TPSA) is 67.4 Å². The van der Waals surface area contributed by atoms with Gasteiger partial charge < -0.3 is 15.4 Å². The second-order valence-electron chi connectivity index (χ2n) is 6.33. The predicted octanol–water partition coefficient (Wildman–Crippen LogP) is 4.18. The molecular weight excluding hydrogens is 388 g/mol. The Bertz CT molecular complexity index is 1000. The van der Waals surface area contributed by atoms with Crippen molar-refractivity contribution in [1.82, 2.24) is 10.6 Å². The van der Waals surface area contributed by atoms with Crippen molar-refractivity contribution in [3.63, 3.8) is 0 Å². The van der Waals surface area contributed by atoms with Gasteiger partial charge in [0.25, 0.3) is 11.8 Å². The summed E-state index contributed by atoms with van der Waals surface area (Å²) in [6.45, 7) is 0.641. The maximum Gasteiger partial charge on any atom is 0.251 e. The first-order valence-corrected chi connectivity index (χ1v) is 9.51. The number of hydrogen-bond acceptors (Lipinski definition) is 3. The van der Waals surface area contributed by atoms with Gasteiger partial charge in [-0.15, -0.1) is 0 Å². The zero-order valence-electron chi connectivity index (χ0n) is 15.9. The van der Waals surface area contributed by atoms with E-state index >= 15 is 0 Å². The zero-order chi connectivity index (χ0) is 20.6. The first-order chi connectivity index (χ1) is 14.1. The van der Waals surface area contributed by atoms with Crippen molar-refractivity contribution in [3.05, 3.63) is 88.9 Å². The third-order valence-corrected chi connectivity index (χ3v) is 4.57. The van der Waals surface area contributed by atoms with Gasteiger partial charge in [-0.1, -0.05) is 41.9 Å². The summed E-state index contributed by atoms with van der Waals surface area (Å²) in [7, 11) is 1.63. The number of ether oxygens (including phenoxy) is 1. The molecule has 0 unspecified atom stereocenters. The highest BCUT2D eigenvalue weighted by atomic mass is 35.5.